The zero-order valence-electron chi connectivity index (χ0n) is 10.6. The van der Waals surface area contributed by atoms with E-state index in [0.29, 0.717) is 11.6 Å². The predicted octanol–water partition coefficient (Wildman–Crippen LogP) is 1.08. The number of rotatable bonds is 3. The highest BCUT2D eigenvalue weighted by atomic mass is 16.4. The Morgan fingerprint density at radius 3 is 3.16 bits per heavy atom. The van der Waals surface area contributed by atoms with Crippen LogP contribution in [0.1, 0.15) is 35.3 Å². The van der Waals surface area contributed by atoms with Gasteiger partial charge in [-0.15, -0.1) is 5.10 Å². The molecule has 1 amide bonds. The van der Waals surface area contributed by atoms with Crippen LogP contribution in [0.25, 0.3) is 0 Å². The largest absolute Gasteiger partial charge is 0.406 e. The van der Waals surface area contributed by atoms with Gasteiger partial charge in [0.1, 0.15) is 5.69 Å². The SMILES string of the molecule is Cn1cccc1C(=O)Nc1nnc(C2CCCN2)o1. The minimum atomic E-state index is -0.262. The van der Waals surface area contributed by atoms with Crippen molar-refractivity contribution in [3.63, 3.8) is 0 Å². The second kappa shape index (κ2) is 4.85. The van der Waals surface area contributed by atoms with Crippen LogP contribution in [-0.2, 0) is 7.05 Å². The standard InChI is InChI=1S/C12H15N5O2/c1-17-7-3-5-9(17)10(18)14-12-16-15-11(19-12)8-4-2-6-13-8/h3,5,7-8,13H,2,4,6H2,1H3,(H,14,16,18). The van der Waals surface area contributed by atoms with Gasteiger partial charge in [-0.05, 0) is 31.5 Å². The number of hydrogen-bond acceptors (Lipinski definition) is 5. The van der Waals surface area contributed by atoms with E-state index in [4.69, 9.17) is 4.42 Å². The summed E-state index contributed by atoms with van der Waals surface area (Å²) in [5, 5.41) is 13.7. The molecule has 0 aromatic carbocycles. The number of carbonyl (C=O) groups excluding carboxylic acids is 1. The van der Waals surface area contributed by atoms with E-state index < -0.39 is 0 Å². The molecule has 1 unspecified atom stereocenters. The molecule has 100 valence electrons. The molecule has 0 spiro atoms. The van der Waals surface area contributed by atoms with Crippen LogP contribution in [0.2, 0.25) is 0 Å². The van der Waals surface area contributed by atoms with Crippen LogP contribution in [0.5, 0.6) is 0 Å². The summed E-state index contributed by atoms with van der Waals surface area (Å²) in [6.45, 7) is 0.956. The molecule has 0 radical (unpaired) electrons. The number of amides is 1. The Kier molecular flexibility index (Phi) is 3.04. The van der Waals surface area contributed by atoms with E-state index in [0.717, 1.165) is 19.4 Å². The summed E-state index contributed by atoms with van der Waals surface area (Å²) >= 11 is 0. The van der Waals surface area contributed by atoms with Gasteiger partial charge in [0.15, 0.2) is 0 Å². The van der Waals surface area contributed by atoms with Gasteiger partial charge in [-0.3, -0.25) is 10.1 Å². The summed E-state index contributed by atoms with van der Waals surface area (Å²) in [5.74, 6) is 0.266. The van der Waals surface area contributed by atoms with Crippen molar-refractivity contribution >= 4 is 11.9 Å². The first-order chi connectivity index (χ1) is 9.24. The smallest absolute Gasteiger partial charge is 0.322 e. The number of carbonyl (C=O) groups is 1. The average molecular weight is 261 g/mol. The molecule has 0 aliphatic carbocycles. The van der Waals surface area contributed by atoms with Crippen molar-refractivity contribution in [2.24, 2.45) is 7.05 Å². The van der Waals surface area contributed by atoms with Crippen LogP contribution >= 0.6 is 0 Å². The second-order valence-corrected chi connectivity index (χ2v) is 4.55. The number of anilines is 1. The molecule has 2 aromatic heterocycles. The Morgan fingerprint density at radius 1 is 1.58 bits per heavy atom. The summed E-state index contributed by atoms with van der Waals surface area (Å²) in [4.78, 5) is 12.0. The van der Waals surface area contributed by atoms with Crippen molar-refractivity contribution in [3.05, 3.63) is 29.9 Å². The normalized spacial score (nSPS) is 18.7. The van der Waals surface area contributed by atoms with Gasteiger partial charge in [-0.25, -0.2) is 0 Å². The van der Waals surface area contributed by atoms with Gasteiger partial charge < -0.3 is 14.3 Å². The van der Waals surface area contributed by atoms with Gasteiger partial charge in [0.2, 0.25) is 5.89 Å². The number of nitrogens with one attached hydrogen (secondary N) is 2. The van der Waals surface area contributed by atoms with Crippen LogP contribution in [0.15, 0.2) is 22.7 Å². The lowest BCUT2D eigenvalue weighted by molar-refractivity contribution is 0.101. The monoisotopic (exact) mass is 261 g/mol. The number of aromatic nitrogens is 3. The molecule has 2 N–H and O–H groups in total. The molecule has 1 atom stereocenters. The maximum Gasteiger partial charge on any atom is 0.322 e. The van der Waals surface area contributed by atoms with Gasteiger partial charge in [0, 0.05) is 13.2 Å². The van der Waals surface area contributed by atoms with Crippen molar-refractivity contribution in [2.45, 2.75) is 18.9 Å². The molecule has 3 heterocycles. The van der Waals surface area contributed by atoms with E-state index in [1.807, 2.05) is 0 Å². The number of aryl methyl sites for hydroxylation is 1. The lowest BCUT2D eigenvalue weighted by atomic mass is 10.2. The van der Waals surface area contributed by atoms with E-state index in [1.165, 1.54) is 0 Å². The molecule has 2 aromatic rings. The first-order valence-electron chi connectivity index (χ1n) is 6.23. The molecule has 1 aliphatic rings. The average Bonchev–Trinajstić information content (AvgIpc) is 3.07. The summed E-state index contributed by atoms with van der Waals surface area (Å²) in [6, 6.07) is 3.77. The molecular weight excluding hydrogens is 246 g/mol. The third kappa shape index (κ3) is 2.37. The number of nitrogens with zero attached hydrogens (tertiary/aromatic N) is 3. The van der Waals surface area contributed by atoms with Crippen molar-refractivity contribution in [2.75, 3.05) is 11.9 Å². The summed E-state index contributed by atoms with van der Waals surface area (Å²) in [5.41, 5.74) is 0.541. The highest BCUT2D eigenvalue weighted by molar-refractivity contribution is 6.01. The second-order valence-electron chi connectivity index (χ2n) is 4.55. The van der Waals surface area contributed by atoms with Gasteiger partial charge in [0.05, 0.1) is 6.04 Å². The van der Waals surface area contributed by atoms with Crippen molar-refractivity contribution in [1.29, 1.82) is 0 Å². The molecule has 1 fully saturated rings. The van der Waals surface area contributed by atoms with Crippen molar-refractivity contribution in [3.8, 4) is 0 Å². The first-order valence-corrected chi connectivity index (χ1v) is 6.23. The van der Waals surface area contributed by atoms with Crippen LogP contribution in [0.4, 0.5) is 6.01 Å². The third-order valence-electron chi connectivity index (χ3n) is 3.20. The van der Waals surface area contributed by atoms with Crippen molar-refractivity contribution in [1.82, 2.24) is 20.1 Å². The molecule has 7 heteroatoms. The maximum atomic E-state index is 12.0. The Bertz CT molecular complexity index is 582. The van der Waals surface area contributed by atoms with Crippen LogP contribution in [0.3, 0.4) is 0 Å². The van der Waals surface area contributed by atoms with Gasteiger partial charge >= 0.3 is 6.01 Å². The first kappa shape index (κ1) is 11.9. The molecule has 0 bridgehead atoms. The third-order valence-corrected chi connectivity index (χ3v) is 3.20. The molecular formula is C12H15N5O2. The van der Waals surface area contributed by atoms with Gasteiger partial charge in [0.25, 0.3) is 5.91 Å². The highest BCUT2D eigenvalue weighted by Crippen LogP contribution is 2.22. The minimum absolute atomic E-state index is 0.105. The predicted molar refractivity (Wildman–Crippen MR) is 67.6 cm³/mol. The highest BCUT2D eigenvalue weighted by Gasteiger charge is 2.22. The summed E-state index contributed by atoms with van der Waals surface area (Å²) < 4.78 is 7.18. The van der Waals surface area contributed by atoms with Gasteiger partial charge in [-0.2, -0.15) is 0 Å². The van der Waals surface area contributed by atoms with E-state index in [2.05, 4.69) is 20.8 Å². The number of hydrogen-bond donors (Lipinski definition) is 2. The fraction of sp³-hybridized carbons (Fsp3) is 0.417. The minimum Gasteiger partial charge on any atom is -0.406 e. The van der Waals surface area contributed by atoms with E-state index in [1.54, 1.807) is 29.9 Å². The Balaban J connectivity index is 1.70. The zero-order chi connectivity index (χ0) is 13.2. The lowest BCUT2D eigenvalue weighted by Crippen LogP contribution is -2.15. The van der Waals surface area contributed by atoms with E-state index in [-0.39, 0.29) is 18.0 Å². The molecule has 0 saturated carbocycles. The molecule has 7 nitrogen and oxygen atoms in total. The summed E-state index contributed by atoms with van der Waals surface area (Å²) in [7, 11) is 1.80. The van der Waals surface area contributed by atoms with E-state index in [9.17, 15) is 4.79 Å². The fourth-order valence-electron chi connectivity index (χ4n) is 2.18. The molecule has 19 heavy (non-hydrogen) atoms. The van der Waals surface area contributed by atoms with E-state index >= 15 is 0 Å². The molecule has 3 rings (SSSR count). The molecule has 1 aliphatic heterocycles. The zero-order valence-corrected chi connectivity index (χ0v) is 10.6. The Morgan fingerprint density at radius 2 is 2.47 bits per heavy atom. The summed E-state index contributed by atoms with van der Waals surface area (Å²) in [6.07, 6.45) is 3.88. The lowest BCUT2D eigenvalue weighted by Gasteiger charge is -2.03. The Labute approximate surface area is 110 Å². The van der Waals surface area contributed by atoms with Crippen LogP contribution < -0.4 is 10.6 Å². The Hall–Kier alpha value is -2.15. The van der Waals surface area contributed by atoms with Crippen molar-refractivity contribution < 1.29 is 9.21 Å². The molecule has 1 saturated heterocycles. The van der Waals surface area contributed by atoms with Crippen LogP contribution in [0, 0.1) is 0 Å². The topological polar surface area (TPSA) is 85.0 Å². The van der Waals surface area contributed by atoms with Gasteiger partial charge in [-0.1, -0.05) is 5.10 Å². The fourth-order valence-corrected chi connectivity index (χ4v) is 2.18. The maximum absolute atomic E-state index is 12.0. The quantitative estimate of drug-likeness (QED) is 0.863. The van der Waals surface area contributed by atoms with Crippen LogP contribution in [-0.4, -0.2) is 27.2 Å².